The second kappa shape index (κ2) is 4.58. The predicted molar refractivity (Wildman–Crippen MR) is 69.8 cm³/mol. The van der Waals surface area contributed by atoms with E-state index in [1.165, 1.54) is 6.07 Å². The summed E-state index contributed by atoms with van der Waals surface area (Å²) in [4.78, 5) is 0. The number of nitrogens with zero attached hydrogens (tertiary/aromatic N) is 1. The van der Waals surface area contributed by atoms with E-state index in [1.54, 1.807) is 4.57 Å². The quantitative estimate of drug-likeness (QED) is 0.830. The molecule has 0 aliphatic heterocycles. The maximum Gasteiger partial charge on any atom is 0.383 e. The van der Waals surface area contributed by atoms with Crippen molar-refractivity contribution < 1.29 is 22.5 Å². The van der Waals surface area contributed by atoms with Crippen LogP contribution in [0.4, 0.5) is 5.69 Å². The number of aromatic nitrogens is 1. The molecular formula is C12H15N2O4S+. The van der Waals surface area contributed by atoms with E-state index in [0.29, 0.717) is 5.88 Å². The van der Waals surface area contributed by atoms with E-state index in [9.17, 15) is 13.5 Å². The summed E-state index contributed by atoms with van der Waals surface area (Å²) in [6.45, 7) is 3.87. The average Bonchev–Trinajstić information content (AvgIpc) is 2.56. The molecule has 0 saturated heterocycles. The zero-order chi connectivity index (χ0) is 14.2. The van der Waals surface area contributed by atoms with Crippen molar-refractivity contribution in [3.63, 3.8) is 0 Å². The van der Waals surface area contributed by atoms with Crippen LogP contribution in [0.3, 0.4) is 0 Å². The number of aryl methyl sites for hydroxylation is 2. The van der Waals surface area contributed by atoms with Crippen molar-refractivity contribution in [2.75, 3.05) is 11.0 Å². The summed E-state index contributed by atoms with van der Waals surface area (Å²) in [5.41, 5.74) is 2.06. The van der Waals surface area contributed by atoms with E-state index < -0.39 is 16.0 Å². The molecule has 102 valence electrons. The molecule has 2 N–H and O–H groups in total. The second-order valence-corrected chi connectivity index (χ2v) is 6.22. The largest absolute Gasteiger partial charge is 0.479 e. The molecule has 0 unspecified atom stereocenters. The van der Waals surface area contributed by atoms with Crippen LogP contribution in [-0.4, -0.2) is 19.8 Å². The van der Waals surface area contributed by atoms with E-state index in [-0.39, 0.29) is 5.69 Å². The predicted octanol–water partition coefficient (Wildman–Crippen LogP) is 1.25. The molecular weight excluding hydrogens is 268 g/mol. The lowest BCUT2D eigenvalue weighted by Gasteiger charge is -1.97. The number of furan rings is 1. The molecule has 0 atom stereocenters. The minimum atomic E-state index is -3.46. The van der Waals surface area contributed by atoms with E-state index in [2.05, 4.69) is 4.72 Å². The van der Waals surface area contributed by atoms with Gasteiger partial charge in [-0.3, -0.25) is 4.72 Å². The highest BCUT2D eigenvalue weighted by molar-refractivity contribution is 7.92. The van der Waals surface area contributed by atoms with E-state index >= 15 is 0 Å². The van der Waals surface area contributed by atoms with Gasteiger partial charge in [0.05, 0.1) is 12.3 Å². The molecule has 6 nitrogen and oxygen atoms in total. The second-order valence-electron chi connectivity index (χ2n) is 4.48. The third-order valence-corrected chi connectivity index (χ3v) is 2.98. The minimum absolute atomic E-state index is 0.0177. The van der Waals surface area contributed by atoms with Crippen LogP contribution in [0.2, 0.25) is 0 Å². The molecule has 7 heteroatoms. The third-order valence-electron chi connectivity index (χ3n) is 2.39. The van der Waals surface area contributed by atoms with Crippen LogP contribution in [0.1, 0.15) is 11.1 Å². The van der Waals surface area contributed by atoms with Crippen molar-refractivity contribution in [3.8, 4) is 11.8 Å². The molecule has 0 aromatic carbocycles. The van der Waals surface area contributed by atoms with Gasteiger partial charge in [0.15, 0.2) is 12.4 Å². The van der Waals surface area contributed by atoms with Gasteiger partial charge in [-0.2, -0.15) is 0 Å². The highest BCUT2D eigenvalue weighted by Crippen LogP contribution is 2.28. The molecule has 0 aliphatic carbocycles. The molecule has 2 aromatic rings. The number of hydrogen-bond acceptors (Lipinski definition) is 4. The summed E-state index contributed by atoms with van der Waals surface area (Å²) in [6.07, 6.45) is 4.63. The Bertz CT molecular complexity index is 699. The van der Waals surface area contributed by atoms with Crippen LogP contribution in [0.15, 0.2) is 28.9 Å². The van der Waals surface area contributed by atoms with Crippen molar-refractivity contribution in [1.82, 2.24) is 0 Å². The van der Waals surface area contributed by atoms with Gasteiger partial charge in [0.2, 0.25) is 10.0 Å². The third kappa shape index (κ3) is 3.25. The Labute approximate surface area is 111 Å². The molecule has 0 aliphatic rings. The highest BCUT2D eigenvalue weighted by Gasteiger charge is 2.20. The Kier molecular flexibility index (Phi) is 3.23. The number of sulfonamides is 1. The lowest BCUT2D eigenvalue weighted by atomic mass is 10.2. The number of hydrogen-bond donors (Lipinski definition) is 2. The molecule has 2 aromatic heterocycles. The Morgan fingerprint density at radius 3 is 2.32 bits per heavy atom. The standard InChI is InChI=1S/C12H14N2O4S/c1-8-4-9(2)7-14(6-8)11-5-10(12(15)18-11)13-19(3,16)17/h4-7,13H,1-3H3/p+1. The first-order valence-corrected chi connectivity index (χ1v) is 7.44. The number of nitrogens with one attached hydrogen (secondary N) is 1. The van der Waals surface area contributed by atoms with Gasteiger partial charge in [0.25, 0.3) is 0 Å². The van der Waals surface area contributed by atoms with Crippen molar-refractivity contribution in [3.05, 3.63) is 35.7 Å². The van der Waals surface area contributed by atoms with Gasteiger partial charge < -0.3 is 9.52 Å². The number of rotatable bonds is 3. The van der Waals surface area contributed by atoms with Gasteiger partial charge in [-0.25, -0.2) is 8.42 Å². The van der Waals surface area contributed by atoms with Gasteiger partial charge in [0, 0.05) is 11.1 Å². The Hall–Kier alpha value is -2.02. The van der Waals surface area contributed by atoms with Gasteiger partial charge in [-0.15, -0.1) is 4.57 Å². The Balaban J connectivity index is 2.44. The van der Waals surface area contributed by atoms with Gasteiger partial charge in [-0.1, -0.05) is 0 Å². The average molecular weight is 283 g/mol. The van der Waals surface area contributed by atoms with Gasteiger partial charge >= 0.3 is 11.8 Å². The molecule has 19 heavy (non-hydrogen) atoms. The fourth-order valence-corrected chi connectivity index (χ4v) is 2.35. The molecule has 0 bridgehead atoms. The van der Waals surface area contributed by atoms with E-state index in [4.69, 9.17) is 4.42 Å². The maximum atomic E-state index is 11.1. The summed E-state index contributed by atoms with van der Waals surface area (Å²) in [5.74, 6) is -0.137. The molecule has 2 rings (SSSR count). The fraction of sp³-hybridized carbons (Fsp3) is 0.250. The monoisotopic (exact) mass is 283 g/mol. The Morgan fingerprint density at radius 2 is 1.79 bits per heavy atom. The van der Waals surface area contributed by atoms with Crippen LogP contribution in [0, 0.1) is 13.8 Å². The van der Waals surface area contributed by atoms with Crippen molar-refractivity contribution in [1.29, 1.82) is 0 Å². The van der Waals surface area contributed by atoms with Crippen molar-refractivity contribution in [2.45, 2.75) is 13.8 Å². The summed E-state index contributed by atoms with van der Waals surface area (Å²) in [7, 11) is -3.46. The zero-order valence-electron chi connectivity index (χ0n) is 10.8. The lowest BCUT2D eigenvalue weighted by Crippen LogP contribution is -2.29. The SMILES string of the molecule is Cc1cc(C)c[n+](-c2cc(NS(C)(=O)=O)c(O)o2)c1. The minimum Gasteiger partial charge on any atom is -0.479 e. The topological polar surface area (TPSA) is 83.4 Å². The molecule has 0 radical (unpaired) electrons. The molecule has 0 amide bonds. The highest BCUT2D eigenvalue weighted by atomic mass is 32.2. The van der Waals surface area contributed by atoms with Crippen LogP contribution >= 0.6 is 0 Å². The molecule has 2 heterocycles. The van der Waals surface area contributed by atoms with Crippen molar-refractivity contribution in [2.24, 2.45) is 0 Å². The molecule has 0 saturated carbocycles. The van der Waals surface area contributed by atoms with Gasteiger partial charge in [-0.05, 0) is 19.9 Å². The first-order valence-electron chi connectivity index (χ1n) is 5.55. The van der Waals surface area contributed by atoms with Crippen LogP contribution in [0.5, 0.6) is 5.95 Å². The van der Waals surface area contributed by atoms with E-state index in [1.807, 2.05) is 32.3 Å². The molecule has 0 spiro atoms. The number of aromatic hydroxyl groups is 1. The smallest absolute Gasteiger partial charge is 0.383 e. The molecule has 0 fully saturated rings. The summed E-state index contributed by atoms with van der Waals surface area (Å²) >= 11 is 0. The van der Waals surface area contributed by atoms with E-state index in [0.717, 1.165) is 17.4 Å². The lowest BCUT2D eigenvalue weighted by molar-refractivity contribution is -0.610. The normalized spacial score (nSPS) is 11.5. The van der Waals surface area contributed by atoms with Crippen LogP contribution in [-0.2, 0) is 10.0 Å². The summed E-state index contributed by atoms with van der Waals surface area (Å²) in [6, 6.07) is 3.42. The first-order chi connectivity index (χ1) is 8.74. The fourth-order valence-electron chi connectivity index (χ4n) is 1.81. The zero-order valence-corrected chi connectivity index (χ0v) is 11.7. The number of anilines is 1. The van der Waals surface area contributed by atoms with Gasteiger partial charge in [0.1, 0.15) is 5.69 Å². The van der Waals surface area contributed by atoms with Crippen molar-refractivity contribution >= 4 is 15.7 Å². The number of pyridine rings is 1. The summed E-state index contributed by atoms with van der Waals surface area (Å²) in [5, 5.41) is 9.59. The van der Waals surface area contributed by atoms with Crippen LogP contribution in [0.25, 0.3) is 5.88 Å². The van der Waals surface area contributed by atoms with Crippen LogP contribution < -0.4 is 9.29 Å². The maximum absolute atomic E-state index is 11.1. The Morgan fingerprint density at radius 1 is 1.21 bits per heavy atom. The summed E-state index contributed by atoms with van der Waals surface area (Å²) < 4.78 is 31.3. The first kappa shape index (κ1) is 13.4.